The van der Waals surface area contributed by atoms with Gasteiger partial charge in [-0.1, -0.05) is 11.6 Å². The topological polar surface area (TPSA) is 86.8 Å². The van der Waals surface area contributed by atoms with Crippen molar-refractivity contribution in [3.8, 4) is 11.5 Å². The van der Waals surface area contributed by atoms with Crippen molar-refractivity contribution in [2.24, 2.45) is 0 Å². The second-order valence-electron chi connectivity index (χ2n) is 4.71. The fraction of sp³-hybridized carbons (Fsp3) is 0.133. The summed E-state index contributed by atoms with van der Waals surface area (Å²) in [5.74, 6) is -0.762. The number of phenols is 2. The quantitative estimate of drug-likeness (QED) is 0.761. The van der Waals surface area contributed by atoms with Gasteiger partial charge in [0.2, 0.25) is 0 Å². The summed E-state index contributed by atoms with van der Waals surface area (Å²) in [6.07, 6.45) is 0. The highest BCUT2D eigenvalue weighted by molar-refractivity contribution is 6.31. The molecule has 0 bridgehead atoms. The van der Waals surface area contributed by atoms with E-state index in [1.54, 1.807) is 25.2 Å². The standard InChI is InChI=1S/C15H15ClN2O3/c1-18(8-9-6-10(17)2-5-13(9)16)15(21)12-4-3-11(19)7-14(12)20/h2-7,19-20H,8,17H2,1H3. The number of phenolic OH excluding ortho intramolecular Hbond substituents is 2. The van der Waals surface area contributed by atoms with Crippen LogP contribution in [0.25, 0.3) is 0 Å². The number of benzene rings is 2. The Kier molecular flexibility index (Phi) is 4.23. The van der Waals surface area contributed by atoms with E-state index < -0.39 is 0 Å². The van der Waals surface area contributed by atoms with Crippen molar-refractivity contribution >= 4 is 23.2 Å². The Balaban J connectivity index is 2.21. The minimum absolute atomic E-state index is 0.106. The van der Waals surface area contributed by atoms with Gasteiger partial charge in [0.05, 0.1) is 5.56 Å². The summed E-state index contributed by atoms with van der Waals surface area (Å²) in [7, 11) is 1.59. The molecule has 2 aromatic carbocycles. The van der Waals surface area contributed by atoms with E-state index in [4.69, 9.17) is 17.3 Å². The van der Waals surface area contributed by atoms with Crippen LogP contribution in [-0.2, 0) is 6.54 Å². The number of aromatic hydroxyl groups is 2. The van der Waals surface area contributed by atoms with Crippen LogP contribution in [0.2, 0.25) is 5.02 Å². The number of halogens is 1. The highest BCUT2D eigenvalue weighted by Crippen LogP contribution is 2.25. The predicted molar refractivity (Wildman–Crippen MR) is 81.4 cm³/mol. The Hall–Kier alpha value is -2.40. The van der Waals surface area contributed by atoms with Crippen molar-refractivity contribution in [3.63, 3.8) is 0 Å². The van der Waals surface area contributed by atoms with Gasteiger partial charge in [-0.3, -0.25) is 4.79 Å². The minimum Gasteiger partial charge on any atom is -0.508 e. The van der Waals surface area contributed by atoms with Crippen molar-refractivity contribution in [2.75, 3.05) is 12.8 Å². The molecule has 0 fully saturated rings. The number of amides is 1. The first kappa shape index (κ1) is 15.0. The van der Waals surface area contributed by atoms with Crippen LogP contribution in [0.4, 0.5) is 5.69 Å². The van der Waals surface area contributed by atoms with Crippen LogP contribution in [0.3, 0.4) is 0 Å². The van der Waals surface area contributed by atoms with Crippen molar-refractivity contribution in [1.82, 2.24) is 4.90 Å². The Bertz CT molecular complexity index is 689. The second kappa shape index (κ2) is 5.93. The highest BCUT2D eigenvalue weighted by atomic mass is 35.5. The lowest BCUT2D eigenvalue weighted by Gasteiger charge is -2.19. The number of rotatable bonds is 3. The summed E-state index contributed by atoms with van der Waals surface area (Å²) in [5, 5.41) is 19.5. The van der Waals surface area contributed by atoms with Crippen LogP contribution in [0.15, 0.2) is 36.4 Å². The van der Waals surface area contributed by atoms with Gasteiger partial charge in [-0.25, -0.2) is 0 Å². The number of nitrogens with zero attached hydrogens (tertiary/aromatic N) is 1. The van der Waals surface area contributed by atoms with Crippen LogP contribution in [-0.4, -0.2) is 28.1 Å². The Morgan fingerprint density at radius 1 is 1.24 bits per heavy atom. The molecular weight excluding hydrogens is 292 g/mol. The molecule has 0 radical (unpaired) electrons. The number of anilines is 1. The van der Waals surface area contributed by atoms with Gasteiger partial charge in [0.1, 0.15) is 11.5 Å². The Morgan fingerprint density at radius 2 is 1.95 bits per heavy atom. The number of nitrogen functional groups attached to an aromatic ring is 1. The first-order chi connectivity index (χ1) is 9.88. The molecule has 5 nitrogen and oxygen atoms in total. The van der Waals surface area contributed by atoms with Gasteiger partial charge in [-0.2, -0.15) is 0 Å². The number of hydrogen-bond donors (Lipinski definition) is 3. The van der Waals surface area contributed by atoms with Crippen molar-refractivity contribution in [3.05, 3.63) is 52.5 Å². The molecule has 21 heavy (non-hydrogen) atoms. The molecule has 0 heterocycles. The average molecular weight is 307 g/mol. The maximum Gasteiger partial charge on any atom is 0.257 e. The molecular formula is C15H15ClN2O3. The van der Waals surface area contributed by atoms with E-state index in [0.717, 1.165) is 6.07 Å². The summed E-state index contributed by atoms with van der Waals surface area (Å²) in [4.78, 5) is 13.7. The van der Waals surface area contributed by atoms with Crippen LogP contribution < -0.4 is 5.73 Å². The average Bonchev–Trinajstić information content (AvgIpc) is 2.42. The summed E-state index contributed by atoms with van der Waals surface area (Å²) >= 11 is 6.07. The van der Waals surface area contributed by atoms with Crippen LogP contribution in [0.1, 0.15) is 15.9 Å². The lowest BCUT2D eigenvalue weighted by molar-refractivity contribution is 0.0782. The molecule has 6 heteroatoms. The number of nitrogens with two attached hydrogens (primary N) is 1. The molecule has 0 atom stereocenters. The summed E-state index contributed by atoms with van der Waals surface area (Å²) in [6.45, 7) is 0.253. The summed E-state index contributed by atoms with van der Waals surface area (Å²) < 4.78 is 0. The zero-order valence-corrected chi connectivity index (χ0v) is 12.1. The zero-order valence-electron chi connectivity index (χ0n) is 11.4. The fourth-order valence-corrected chi connectivity index (χ4v) is 2.13. The van der Waals surface area contributed by atoms with Gasteiger partial charge in [-0.05, 0) is 35.9 Å². The molecule has 1 amide bonds. The highest BCUT2D eigenvalue weighted by Gasteiger charge is 2.17. The van der Waals surface area contributed by atoms with E-state index in [-0.39, 0.29) is 29.5 Å². The van der Waals surface area contributed by atoms with Gasteiger partial charge in [0.25, 0.3) is 5.91 Å². The zero-order chi connectivity index (χ0) is 15.6. The molecule has 0 aliphatic heterocycles. The summed E-state index contributed by atoms with van der Waals surface area (Å²) in [5.41, 5.74) is 7.08. The lowest BCUT2D eigenvalue weighted by Crippen LogP contribution is -2.26. The second-order valence-corrected chi connectivity index (χ2v) is 5.12. The van der Waals surface area contributed by atoms with Crippen LogP contribution in [0.5, 0.6) is 11.5 Å². The first-order valence-electron chi connectivity index (χ1n) is 6.20. The molecule has 0 aliphatic carbocycles. The van der Waals surface area contributed by atoms with E-state index in [2.05, 4.69) is 0 Å². The van der Waals surface area contributed by atoms with Gasteiger partial charge in [-0.15, -0.1) is 0 Å². The molecule has 0 saturated carbocycles. The van der Waals surface area contributed by atoms with E-state index in [0.29, 0.717) is 16.3 Å². The Morgan fingerprint density at radius 3 is 2.62 bits per heavy atom. The smallest absolute Gasteiger partial charge is 0.257 e. The third-order valence-corrected chi connectivity index (χ3v) is 3.40. The predicted octanol–water partition coefficient (Wildman–Crippen LogP) is 2.61. The number of carbonyl (C=O) groups is 1. The maximum atomic E-state index is 12.3. The van der Waals surface area contributed by atoms with E-state index in [1.807, 2.05) is 0 Å². The van der Waals surface area contributed by atoms with E-state index in [9.17, 15) is 15.0 Å². The fourth-order valence-electron chi connectivity index (χ4n) is 1.95. The number of carbonyl (C=O) groups excluding carboxylic acids is 1. The number of hydrogen-bond acceptors (Lipinski definition) is 4. The molecule has 0 spiro atoms. The third kappa shape index (κ3) is 3.38. The SMILES string of the molecule is CN(Cc1cc(N)ccc1Cl)C(=O)c1ccc(O)cc1O. The van der Waals surface area contributed by atoms with Crippen LogP contribution in [0, 0.1) is 0 Å². The molecule has 2 aromatic rings. The Labute approximate surface area is 127 Å². The van der Waals surface area contributed by atoms with E-state index >= 15 is 0 Å². The van der Waals surface area contributed by atoms with Gasteiger partial charge < -0.3 is 20.8 Å². The lowest BCUT2D eigenvalue weighted by atomic mass is 10.1. The molecule has 2 rings (SSSR count). The van der Waals surface area contributed by atoms with Crippen molar-refractivity contribution < 1.29 is 15.0 Å². The molecule has 0 aliphatic rings. The van der Waals surface area contributed by atoms with Crippen molar-refractivity contribution in [2.45, 2.75) is 6.54 Å². The summed E-state index contributed by atoms with van der Waals surface area (Å²) in [6, 6.07) is 8.87. The maximum absolute atomic E-state index is 12.3. The molecule has 110 valence electrons. The largest absolute Gasteiger partial charge is 0.508 e. The molecule has 4 N–H and O–H groups in total. The van der Waals surface area contributed by atoms with E-state index in [1.165, 1.54) is 17.0 Å². The monoisotopic (exact) mass is 306 g/mol. The van der Waals surface area contributed by atoms with Gasteiger partial charge in [0.15, 0.2) is 0 Å². The van der Waals surface area contributed by atoms with Crippen molar-refractivity contribution in [1.29, 1.82) is 0 Å². The molecule has 0 aromatic heterocycles. The first-order valence-corrected chi connectivity index (χ1v) is 6.57. The third-order valence-electron chi connectivity index (χ3n) is 3.04. The minimum atomic E-state index is -0.383. The normalized spacial score (nSPS) is 10.4. The van der Waals surface area contributed by atoms with Crippen LogP contribution >= 0.6 is 11.6 Å². The molecule has 0 saturated heterocycles. The van der Waals surface area contributed by atoms with Gasteiger partial charge >= 0.3 is 0 Å². The van der Waals surface area contributed by atoms with Gasteiger partial charge in [0, 0.05) is 30.4 Å². The molecule has 0 unspecified atom stereocenters.